The number of thiazole rings is 1. The van der Waals surface area contributed by atoms with Crippen molar-refractivity contribution in [1.82, 2.24) is 10.3 Å². The van der Waals surface area contributed by atoms with Crippen LogP contribution in [0.1, 0.15) is 42.1 Å². The molecule has 1 N–H and O–H groups in total. The Morgan fingerprint density at radius 1 is 1.64 bits per heavy atom. The quantitative estimate of drug-likeness (QED) is 0.808. The van der Waals surface area contributed by atoms with Gasteiger partial charge < -0.3 is 5.32 Å². The van der Waals surface area contributed by atoms with Crippen LogP contribution in [0.25, 0.3) is 0 Å². The third-order valence-electron chi connectivity index (χ3n) is 2.71. The number of rotatable bonds is 5. The van der Waals surface area contributed by atoms with Gasteiger partial charge >= 0.3 is 0 Å². The molecule has 0 radical (unpaired) electrons. The first-order chi connectivity index (χ1) is 6.75. The van der Waals surface area contributed by atoms with E-state index in [9.17, 15) is 0 Å². The molecule has 1 unspecified atom stereocenters. The molecule has 1 aromatic rings. The zero-order valence-corrected chi connectivity index (χ0v) is 9.73. The molecule has 1 fully saturated rings. The van der Waals surface area contributed by atoms with Gasteiger partial charge in [0.1, 0.15) is 5.01 Å². The Morgan fingerprint density at radius 2 is 2.43 bits per heavy atom. The highest BCUT2D eigenvalue weighted by Gasteiger charge is 2.20. The molecule has 1 saturated carbocycles. The summed E-state index contributed by atoms with van der Waals surface area (Å²) in [5, 5.41) is 4.75. The second kappa shape index (κ2) is 4.41. The highest BCUT2D eigenvalue weighted by molar-refractivity contribution is 7.11. The van der Waals surface area contributed by atoms with Crippen molar-refractivity contribution < 1.29 is 0 Å². The van der Waals surface area contributed by atoms with Crippen LogP contribution >= 0.6 is 11.3 Å². The van der Waals surface area contributed by atoms with Crippen LogP contribution in [0.4, 0.5) is 0 Å². The van der Waals surface area contributed by atoms with E-state index in [1.807, 2.05) is 6.20 Å². The lowest BCUT2D eigenvalue weighted by atomic mass is 10.2. The fourth-order valence-corrected chi connectivity index (χ4v) is 2.37. The van der Waals surface area contributed by atoms with Crippen molar-refractivity contribution in [3.8, 4) is 0 Å². The van der Waals surface area contributed by atoms with Gasteiger partial charge in [-0.1, -0.05) is 12.8 Å². The zero-order chi connectivity index (χ0) is 9.97. The molecule has 78 valence electrons. The van der Waals surface area contributed by atoms with Gasteiger partial charge in [0.15, 0.2) is 0 Å². The number of aromatic nitrogens is 1. The summed E-state index contributed by atoms with van der Waals surface area (Å²) < 4.78 is 0. The summed E-state index contributed by atoms with van der Waals surface area (Å²) in [6.07, 6.45) is 6.20. The zero-order valence-electron chi connectivity index (χ0n) is 8.92. The van der Waals surface area contributed by atoms with Crippen LogP contribution in [0.2, 0.25) is 0 Å². The summed E-state index contributed by atoms with van der Waals surface area (Å²) in [4.78, 5) is 5.69. The van der Waals surface area contributed by atoms with Crippen molar-refractivity contribution in [2.24, 2.45) is 5.92 Å². The topological polar surface area (TPSA) is 24.9 Å². The van der Waals surface area contributed by atoms with Gasteiger partial charge in [-0.3, -0.25) is 0 Å². The molecule has 0 aliphatic heterocycles. The third-order valence-corrected chi connectivity index (χ3v) is 3.81. The maximum atomic E-state index is 4.39. The molecular formula is C11H18N2S. The molecule has 0 spiro atoms. The molecule has 0 amide bonds. The van der Waals surface area contributed by atoms with Gasteiger partial charge in [0.25, 0.3) is 0 Å². The first-order valence-corrected chi connectivity index (χ1v) is 6.23. The van der Waals surface area contributed by atoms with Crippen LogP contribution in [0.5, 0.6) is 0 Å². The third kappa shape index (κ3) is 2.79. The van der Waals surface area contributed by atoms with Gasteiger partial charge in [0.05, 0.1) is 6.04 Å². The lowest BCUT2D eigenvalue weighted by Crippen LogP contribution is -2.19. The van der Waals surface area contributed by atoms with Crippen LogP contribution < -0.4 is 5.32 Å². The van der Waals surface area contributed by atoms with Crippen molar-refractivity contribution in [3.63, 3.8) is 0 Å². The highest BCUT2D eigenvalue weighted by atomic mass is 32.1. The van der Waals surface area contributed by atoms with E-state index in [0.717, 1.165) is 12.5 Å². The molecule has 1 aliphatic carbocycles. The van der Waals surface area contributed by atoms with Gasteiger partial charge in [-0.2, -0.15) is 0 Å². The average Bonchev–Trinajstić information content (AvgIpc) is 2.87. The monoisotopic (exact) mass is 210 g/mol. The molecule has 1 aromatic heterocycles. The molecule has 1 aliphatic rings. The first kappa shape index (κ1) is 10.1. The molecule has 14 heavy (non-hydrogen) atoms. The predicted molar refractivity (Wildman–Crippen MR) is 60.6 cm³/mol. The van der Waals surface area contributed by atoms with Gasteiger partial charge in [0, 0.05) is 11.1 Å². The summed E-state index contributed by atoms with van der Waals surface area (Å²) in [6.45, 7) is 5.45. The van der Waals surface area contributed by atoms with E-state index in [1.54, 1.807) is 11.3 Å². The molecular weight excluding hydrogens is 192 g/mol. The van der Waals surface area contributed by atoms with E-state index >= 15 is 0 Å². The molecule has 1 atom stereocenters. The number of hydrogen-bond donors (Lipinski definition) is 1. The van der Waals surface area contributed by atoms with Crippen molar-refractivity contribution in [2.75, 3.05) is 6.54 Å². The fraction of sp³-hybridized carbons (Fsp3) is 0.727. The average molecular weight is 210 g/mol. The van der Waals surface area contributed by atoms with E-state index in [0.29, 0.717) is 6.04 Å². The molecule has 2 nitrogen and oxygen atoms in total. The molecule has 3 heteroatoms. The first-order valence-electron chi connectivity index (χ1n) is 5.41. The van der Waals surface area contributed by atoms with Crippen LogP contribution in [0.3, 0.4) is 0 Å². The molecule has 0 bridgehead atoms. The van der Waals surface area contributed by atoms with Crippen LogP contribution in [-0.4, -0.2) is 11.5 Å². The van der Waals surface area contributed by atoms with E-state index in [-0.39, 0.29) is 0 Å². The number of nitrogens with zero attached hydrogens (tertiary/aromatic N) is 1. The van der Waals surface area contributed by atoms with Crippen molar-refractivity contribution in [3.05, 3.63) is 16.1 Å². The Bertz CT molecular complexity index is 291. The van der Waals surface area contributed by atoms with E-state index < -0.39 is 0 Å². The summed E-state index contributed by atoms with van der Waals surface area (Å²) >= 11 is 1.80. The summed E-state index contributed by atoms with van der Waals surface area (Å²) in [7, 11) is 0. The van der Waals surface area contributed by atoms with Gasteiger partial charge in [-0.05, 0) is 32.7 Å². The van der Waals surface area contributed by atoms with Gasteiger partial charge in [-0.25, -0.2) is 4.98 Å². The second-order valence-electron chi connectivity index (χ2n) is 4.22. The van der Waals surface area contributed by atoms with Crippen LogP contribution in [-0.2, 0) is 0 Å². The normalized spacial score (nSPS) is 18.4. The summed E-state index contributed by atoms with van der Waals surface area (Å²) in [5.74, 6) is 1.02. The minimum absolute atomic E-state index is 0.424. The van der Waals surface area contributed by atoms with Crippen LogP contribution in [0, 0.1) is 12.8 Å². The number of hydrogen-bond acceptors (Lipinski definition) is 3. The predicted octanol–water partition coefficient (Wildman–Crippen LogP) is 2.90. The maximum absolute atomic E-state index is 4.39. The van der Waals surface area contributed by atoms with Gasteiger partial charge in [-0.15, -0.1) is 11.3 Å². The van der Waals surface area contributed by atoms with Gasteiger partial charge in [0.2, 0.25) is 0 Å². The van der Waals surface area contributed by atoms with Crippen molar-refractivity contribution in [1.29, 1.82) is 0 Å². The minimum atomic E-state index is 0.424. The lowest BCUT2D eigenvalue weighted by Gasteiger charge is -2.10. The Labute approximate surface area is 89.8 Å². The fourth-order valence-electron chi connectivity index (χ4n) is 1.57. The number of aryl methyl sites for hydroxylation is 1. The highest BCUT2D eigenvalue weighted by Crippen LogP contribution is 2.32. The van der Waals surface area contributed by atoms with E-state index in [4.69, 9.17) is 0 Å². The van der Waals surface area contributed by atoms with E-state index in [1.165, 1.54) is 29.1 Å². The molecule has 0 saturated heterocycles. The number of nitrogens with one attached hydrogen (secondary N) is 1. The smallest absolute Gasteiger partial charge is 0.109 e. The van der Waals surface area contributed by atoms with Crippen LogP contribution in [0.15, 0.2) is 6.20 Å². The summed E-state index contributed by atoms with van der Waals surface area (Å²) in [5.41, 5.74) is 0. The van der Waals surface area contributed by atoms with Crippen molar-refractivity contribution in [2.45, 2.75) is 39.2 Å². The molecule has 1 heterocycles. The SMILES string of the molecule is Cc1cnc(C(C)NCCC2CC2)s1. The summed E-state index contributed by atoms with van der Waals surface area (Å²) in [6, 6.07) is 0.424. The lowest BCUT2D eigenvalue weighted by molar-refractivity contribution is 0.538. The largest absolute Gasteiger partial charge is 0.308 e. The maximum Gasteiger partial charge on any atom is 0.109 e. The molecule has 2 rings (SSSR count). The Kier molecular flexibility index (Phi) is 3.19. The minimum Gasteiger partial charge on any atom is -0.308 e. The Hall–Kier alpha value is -0.410. The van der Waals surface area contributed by atoms with Crippen molar-refractivity contribution >= 4 is 11.3 Å². The molecule has 0 aromatic carbocycles. The Morgan fingerprint density at radius 3 is 3.00 bits per heavy atom. The Balaban J connectivity index is 1.73. The standard InChI is InChI=1S/C11H18N2S/c1-8-7-13-11(14-8)9(2)12-6-5-10-3-4-10/h7,9-10,12H,3-6H2,1-2H3. The van der Waals surface area contributed by atoms with E-state index in [2.05, 4.69) is 24.1 Å². The second-order valence-corrected chi connectivity index (χ2v) is 5.48.